The predicted octanol–water partition coefficient (Wildman–Crippen LogP) is 5.38. The Balaban J connectivity index is 0.000000648. The molecule has 0 aliphatic heterocycles. The number of aryl methyl sites for hydroxylation is 1. The van der Waals surface area contributed by atoms with Crippen LogP contribution in [0.2, 0.25) is 0 Å². The Morgan fingerprint density at radius 1 is 1.21 bits per heavy atom. The normalized spacial score (nSPS) is 21.3. The molecule has 0 spiro atoms. The Morgan fingerprint density at radius 2 is 1.79 bits per heavy atom. The third kappa shape index (κ3) is 8.11. The van der Waals surface area contributed by atoms with Crippen LogP contribution in [0, 0.1) is 5.92 Å². The molecule has 3 nitrogen and oxygen atoms in total. The van der Waals surface area contributed by atoms with E-state index in [9.17, 15) is 4.21 Å². The summed E-state index contributed by atoms with van der Waals surface area (Å²) in [5, 5.41) is -0.0282. The van der Waals surface area contributed by atoms with Crippen molar-refractivity contribution in [3.8, 4) is 5.75 Å². The molecule has 1 saturated carbocycles. The summed E-state index contributed by atoms with van der Waals surface area (Å²) >= 11 is -1.65. The van der Waals surface area contributed by atoms with Crippen LogP contribution in [0.5, 0.6) is 5.75 Å². The second-order valence-corrected chi connectivity index (χ2v) is 7.54. The maximum Gasteiger partial charge on any atom is 0.155 e. The number of allylic oxidation sites excluding steroid dienone is 1. The van der Waals surface area contributed by atoms with Gasteiger partial charge in [0, 0.05) is 0 Å². The van der Waals surface area contributed by atoms with E-state index in [-0.39, 0.29) is 5.25 Å². The Kier molecular flexibility index (Phi) is 10.7. The summed E-state index contributed by atoms with van der Waals surface area (Å²) in [5.41, 5.74) is 1.35. The largest absolute Gasteiger partial charge is 0.493 e. The van der Waals surface area contributed by atoms with Crippen LogP contribution in [0.15, 0.2) is 36.9 Å². The Bertz CT molecular complexity index is 476. The van der Waals surface area contributed by atoms with Gasteiger partial charge in [-0.3, -0.25) is 0 Å². The minimum atomic E-state index is -1.65. The van der Waals surface area contributed by atoms with Crippen molar-refractivity contribution in [2.45, 2.75) is 64.0 Å². The van der Waals surface area contributed by atoms with E-state index >= 15 is 0 Å². The van der Waals surface area contributed by atoms with Gasteiger partial charge < -0.3 is 9.29 Å². The topological polar surface area (TPSA) is 46.5 Å². The quantitative estimate of drug-likeness (QED) is 0.529. The number of hydrogen-bond donors (Lipinski definition) is 1. The highest BCUT2D eigenvalue weighted by Crippen LogP contribution is 2.27. The number of benzene rings is 1. The fourth-order valence-electron chi connectivity index (χ4n) is 2.76. The lowest BCUT2D eigenvalue weighted by Crippen LogP contribution is -2.25. The van der Waals surface area contributed by atoms with Crippen molar-refractivity contribution < 1.29 is 13.5 Å². The molecule has 0 heterocycles. The lowest BCUT2D eigenvalue weighted by atomic mass is 9.89. The van der Waals surface area contributed by atoms with Gasteiger partial charge >= 0.3 is 0 Å². The molecule has 0 aromatic heterocycles. The van der Waals surface area contributed by atoms with Crippen LogP contribution in [-0.2, 0) is 17.5 Å². The van der Waals surface area contributed by atoms with Crippen molar-refractivity contribution in [2.24, 2.45) is 5.92 Å². The van der Waals surface area contributed by atoms with Crippen LogP contribution in [0.3, 0.4) is 0 Å². The molecule has 1 aromatic rings. The average Bonchev–Trinajstić information content (AvgIpc) is 2.62. The number of rotatable bonds is 7. The zero-order valence-corrected chi connectivity index (χ0v) is 15.9. The second-order valence-electron chi connectivity index (χ2n) is 6.32. The molecular weight excluding hydrogens is 320 g/mol. The van der Waals surface area contributed by atoms with Crippen molar-refractivity contribution in [2.75, 3.05) is 6.61 Å². The first-order valence-electron chi connectivity index (χ1n) is 9.02. The molecule has 0 amide bonds. The summed E-state index contributed by atoms with van der Waals surface area (Å²) < 4.78 is 25.9. The van der Waals surface area contributed by atoms with Crippen LogP contribution >= 0.6 is 0 Å². The highest BCUT2D eigenvalue weighted by molar-refractivity contribution is 7.79. The van der Waals surface area contributed by atoms with Gasteiger partial charge in [0.2, 0.25) is 0 Å². The third-order valence-corrected chi connectivity index (χ3v) is 5.36. The zero-order valence-electron chi connectivity index (χ0n) is 15.1. The first kappa shape index (κ1) is 20.9. The molecule has 1 aliphatic rings. The highest BCUT2D eigenvalue weighted by atomic mass is 32.2. The molecule has 1 aliphatic carbocycles. The molecule has 0 radical (unpaired) electrons. The van der Waals surface area contributed by atoms with Crippen LogP contribution in [-0.4, -0.2) is 20.6 Å². The van der Waals surface area contributed by atoms with Gasteiger partial charge in [-0.15, -0.1) is 6.58 Å². The Labute approximate surface area is 149 Å². The lowest BCUT2D eigenvalue weighted by molar-refractivity contribution is 0.209. The van der Waals surface area contributed by atoms with E-state index in [1.54, 1.807) is 0 Å². The molecule has 1 atom stereocenters. The number of ether oxygens (including phenoxy) is 1. The van der Waals surface area contributed by atoms with E-state index in [1.165, 1.54) is 5.56 Å². The van der Waals surface area contributed by atoms with Crippen molar-refractivity contribution in [1.29, 1.82) is 0 Å². The predicted molar refractivity (Wildman–Crippen MR) is 103 cm³/mol. The van der Waals surface area contributed by atoms with Gasteiger partial charge in [-0.05, 0) is 62.1 Å². The van der Waals surface area contributed by atoms with E-state index in [4.69, 9.17) is 9.29 Å². The van der Waals surface area contributed by atoms with Crippen molar-refractivity contribution >= 4 is 11.1 Å². The molecule has 24 heavy (non-hydrogen) atoms. The third-order valence-electron chi connectivity index (χ3n) is 4.32. The molecular formula is C20H32O3S. The van der Waals surface area contributed by atoms with Gasteiger partial charge in [0.25, 0.3) is 0 Å². The van der Waals surface area contributed by atoms with E-state index in [0.717, 1.165) is 57.3 Å². The minimum Gasteiger partial charge on any atom is -0.493 e. The van der Waals surface area contributed by atoms with Gasteiger partial charge in [-0.25, -0.2) is 4.21 Å². The molecule has 1 unspecified atom stereocenters. The van der Waals surface area contributed by atoms with Crippen molar-refractivity contribution in [3.63, 3.8) is 0 Å². The SMILES string of the molecule is C=CCC.CCCc1ccc(OCC2CCC(S(=O)O)CC2)cc1. The van der Waals surface area contributed by atoms with Gasteiger partial charge in [0.15, 0.2) is 11.1 Å². The summed E-state index contributed by atoms with van der Waals surface area (Å²) in [6, 6.07) is 8.34. The van der Waals surface area contributed by atoms with Crippen LogP contribution < -0.4 is 4.74 Å². The highest BCUT2D eigenvalue weighted by Gasteiger charge is 2.24. The molecule has 1 aromatic carbocycles. The van der Waals surface area contributed by atoms with Crippen LogP contribution in [0.25, 0.3) is 0 Å². The molecule has 136 valence electrons. The summed E-state index contributed by atoms with van der Waals surface area (Å²) in [7, 11) is 0. The van der Waals surface area contributed by atoms with Gasteiger partial charge in [-0.1, -0.05) is 38.5 Å². The fraction of sp³-hybridized carbons (Fsp3) is 0.600. The fourth-order valence-corrected chi connectivity index (χ4v) is 3.43. The molecule has 2 rings (SSSR count). The monoisotopic (exact) mass is 352 g/mol. The second kappa shape index (κ2) is 12.3. The smallest absolute Gasteiger partial charge is 0.155 e. The maximum absolute atomic E-state index is 11.0. The van der Waals surface area contributed by atoms with E-state index in [0.29, 0.717) is 5.92 Å². The first-order chi connectivity index (χ1) is 11.6. The summed E-state index contributed by atoms with van der Waals surface area (Å²) in [6.07, 6.45) is 8.90. The van der Waals surface area contributed by atoms with E-state index < -0.39 is 11.1 Å². The van der Waals surface area contributed by atoms with Crippen molar-refractivity contribution in [1.82, 2.24) is 0 Å². The summed E-state index contributed by atoms with van der Waals surface area (Å²) in [6.45, 7) is 8.44. The molecule has 1 fully saturated rings. The Hall–Kier alpha value is -1.13. The number of hydrogen-bond acceptors (Lipinski definition) is 2. The Morgan fingerprint density at radius 3 is 2.25 bits per heavy atom. The van der Waals surface area contributed by atoms with Crippen LogP contribution in [0.4, 0.5) is 0 Å². The van der Waals surface area contributed by atoms with Crippen LogP contribution in [0.1, 0.15) is 57.9 Å². The molecule has 0 saturated heterocycles. The van der Waals surface area contributed by atoms with E-state index in [1.807, 2.05) is 18.2 Å². The standard InChI is InChI=1S/C16H24O3S.C4H8/c1-2-3-13-4-8-15(9-5-13)19-12-14-6-10-16(11-7-14)20(17)18;1-3-4-2/h4-5,8-9,14,16H,2-3,6-7,10-12H2,1H3,(H,17,18);3H,1,4H2,2H3. The first-order valence-corrected chi connectivity index (χ1v) is 10.2. The van der Waals surface area contributed by atoms with E-state index in [2.05, 4.69) is 32.6 Å². The lowest BCUT2D eigenvalue weighted by Gasteiger charge is -2.26. The maximum atomic E-state index is 11.0. The van der Waals surface area contributed by atoms with Crippen molar-refractivity contribution in [3.05, 3.63) is 42.5 Å². The van der Waals surface area contributed by atoms with Gasteiger partial charge in [0.1, 0.15) is 5.75 Å². The molecule has 1 N–H and O–H groups in total. The zero-order chi connectivity index (χ0) is 17.8. The summed E-state index contributed by atoms with van der Waals surface area (Å²) in [4.78, 5) is 0. The van der Waals surface area contributed by atoms with Gasteiger partial charge in [-0.2, -0.15) is 0 Å². The van der Waals surface area contributed by atoms with Gasteiger partial charge in [0.05, 0.1) is 11.9 Å². The minimum absolute atomic E-state index is 0.0282. The average molecular weight is 353 g/mol. The summed E-state index contributed by atoms with van der Waals surface area (Å²) in [5.74, 6) is 1.45. The molecule has 4 heteroatoms. The molecule has 0 bridgehead atoms.